The van der Waals surface area contributed by atoms with E-state index < -0.39 is 120 Å². The van der Waals surface area contributed by atoms with Gasteiger partial charge in [-0.15, -0.1) is 0 Å². The van der Waals surface area contributed by atoms with Gasteiger partial charge >= 0.3 is 11.9 Å². The van der Waals surface area contributed by atoms with E-state index >= 15 is 0 Å². The third kappa shape index (κ3) is 16.0. The molecule has 3 heterocycles. The van der Waals surface area contributed by atoms with Crippen LogP contribution in [-0.2, 0) is 57.2 Å². The monoisotopic (exact) mass is 1030 g/mol. The maximum atomic E-state index is 14.5. The highest BCUT2D eigenvalue weighted by atomic mass is 16.6. The molecule has 0 aromatic carbocycles. The Balaban J connectivity index is 1.69. The molecule has 412 valence electrons. The van der Waals surface area contributed by atoms with Crippen LogP contribution in [0.4, 0.5) is 0 Å². The average molecular weight is 1030 g/mol. The van der Waals surface area contributed by atoms with E-state index in [4.69, 9.17) is 28.4 Å². The molecule has 3 fully saturated rings. The normalized spacial score (nSPS) is 36.3. The van der Waals surface area contributed by atoms with E-state index in [1.165, 1.54) is 21.1 Å². The fourth-order valence-corrected chi connectivity index (χ4v) is 10.7. The Bertz CT molecular complexity index is 2010. The molecule has 2 saturated heterocycles. The quantitative estimate of drug-likeness (QED) is 0.116. The Kier molecular flexibility index (Phi) is 23.9. The fourth-order valence-electron chi connectivity index (χ4n) is 10.7. The summed E-state index contributed by atoms with van der Waals surface area (Å²) in [5.41, 5.74) is -0.277. The molecule has 1 saturated carbocycles. The zero-order valence-electron chi connectivity index (χ0n) is 45.3. The van der Waals surface area contributed by atoms with E-state index in [0.29, 0.717) is 69.8 Å². The Labute approximate surface area is 433 Å². The lowest BCUT2D eigenvalue weighted by Gasteiger charge is -2.42. The van der Waals surface area contributed by atoms with Crippen LogP contribution in [0.2, 0.25) is 0 Å². The molecular formula is C56H87NO16. The summed E-state index contributed by atoms with van der Waals surface area (Å²) in [6.45, 7) is 12.7. The summed E-state index contributed by atoms with van der Waals surface area (Å²) in [4.78, 5) is 85.4. The molecule has 0 aromatic rings. The largest absolute Gasteiger partial charge is 0.460 e. The Morgan fingerprint density at radius 3 is 2.21 bits per heavy atom. The zero-order valence-corrected chi connectivity index (χ0v) is 45.3. The van der Waals surface area contributed by atoms with Crippen molar-refractivity contribution in [2.24, 2.45) is 40.9 Å². The smallest absolute Gasteiger partial charge is 0.329 e. The number of hydrogen-bond donors (Lipinski definition) is 4. The Morgan fingerprint density at radius 2 is 1.56 bits per heavy atom. The Hall–Kier alpha value is -3.94. The maximum Gasteiger partial charge on any atom is 0.329 e. The van der Waals surface area contributed by atoms with Crippen LogP contribution in [0.5, 0.6) is 0 Å². The highest BCUT2D eigenvalue weighted by Gasteiger charge is 2.53. The van der Waals surface area contributed by atoms with Crippen LogP contribution in [0.25, 0.3) is 0 Å². The second-order valence-corrected chi connectivity index (χ2v) is 21.8. The molecule has 0 radical (unpaired) electrons. The summed E-state index contributed by atoms with van der Waals surface area (Å²) in [7, 11) is 4.43. The van der Waals surface area contributed by atoms with Crippen molar-refractivity contribution in [1.82, 2.24) is 4.90 Å². The van der Waals surface area contributed by atoms with Crippen LogP contribution < -0.4 is 0 Å². The lowest BCUT2D eigenvalue weighted by Crippen LogP contribution is -2.61. The minimum absolute atomic E-state index is 0.00697. The number of Topliss-reactive ketones (excluding diaryl/α,β-unsaturated/α-hetero) is 3. The third-order valence-electron chi connectivity index (χ3n) is 15.9. The summed E-state index contributed by atoms with van der Waals surface area (Å²) >= 11 is 0. The molecule has 2 bridgehead atoms. The van der Waals surface area contributed by atoms with E-state index in [1.807, 2.05) is 51.2 Å². The zero-order chi connectivity index (χ0) is 54.4. The first-order valence-electron chi connectivity index (χ1n) is 26.4. The van der Waals surface area contributed by atoms with Crippen molar-refractivity contribution >= 4 is 35.2 Å². The van der Waals surface area contributed by atoms with Crippen molar-refractivity contribution < 1.29 is 77.6 Å². The van der Waals surface area contributed by atoms with Crippen molar-refractivity contribution in [3.05, 3.63) is 47.6 Å². The van der Waals surface area contributed by atoms with E-state index in [0.717, 1.165) is 10.5 Å². The van der Waals surface area contributed by atoms with Crippen molar-refractivity contribution in [3.8, 4) is 0 Å². The molecule has 4 N–H and O–H groups in total. The molecule has 15 atom stereocenters. The lowest BCUT2D eigenvalue weighted by atomic mass is 9.78. The number of rotatable bonds is 10. The number of aliphatic hydroxyl groups is 4. The third-order valence-corrected chi connectivity index (χ3v) is 15.9. The molecule has 0 aromatic heterocycles. The SMILES string of the molecule is COC1C[C@@H]2CC[C@@H](C)[C@@](O)(O2)C(=O)C(=O)N2CCCC[C@H]2C(=O)O[C@H]([C@H](C)C[C@@H]2CC[C@@H](OC(=O)C(C)(CO)CO)[C@H](OC)C2)CC(=O)[C@H](C)/C=C(\C)[C@@H](O)[C@@H](OC)C(=O)[C@H](C)C[C@H](C)/C=C/C=CC=C1C. The van der Waals surface area contributed by atoms with Crippen molar-refractivity contribution in [3.63, 3.8) is 0 Å². The number of piperidine rings is 1. The molecular weight excluding hydrogens is 943 g/mol. The van der Waals surface area contributed by atoms with Gasteiger partial charge in [0.05, 0.1) is 31.5 Å². The summed E-state index contributed by atoms with van der Waals surface area (Å²) in [6.07, 6.45) is 9.76. The second-order valence-electron chi connectivity index (χ2n) is 21.8. The first kappa shape index (κ1) is 61.6. The Morgan fingerprint density at radius 1 is 0.863 bits per heavy atom. The predicted octanol–water partition coefficient (Wildman–Crippen LogP) is 5.72. The fraction of sp³-hybridized carbons (Fsp3) is 0.750. The van der Waals surface area contributed by atoms with Gasteiger partial charge in [0.25, 0.3) is 11.7 Å². The van der Waals surface area contributed by atoms with Crippen LogP contribution >= 0.6 is 0 Å². The highest BCUT2D eigenvalue weighted by molar-refractivity contribution is 6.39. The number of ketones is 3. The molecule has 4 aliphatic rings. The second kappa shape index (κ2) is 28.3. The minimum atomic E-state index is -2.47. The van der Waals surface area contributed by atoms with Gasteiger partial charge in [-0.2, -0.15) is 0 Å². The van der Waals surface area contributed by atoms with Crippen LogP contribution in [0, 0.1) is 40.9 Å². The van der Waals surface area contributed by atoms with Gasteiger partial charge in [-0.05, 0) is 114 Å². The van der Waals surface area contributed by atoms with E-state index in [2.05, 4.69) is 0 Å². The van der Waals surface area contributed by atoms with Crippen LogP contribution in [0.3, 0.4) is 0 Å². The minimum Gasteiger partial charge on any atom is -0.460 e. The van der Waals surface area contributed by atoms with Gasteiger partial charge in [0.1, 0.15) is 41.7 Å². The van der Waals surface area contributed by atoms with Crippen molar-refractivity contribution in [2.75, 3.05) is 41.1 Å². The number of amides is 1. The van der Waals surface area contributed by atoms with Gasteiger partial charge in [-0.3, -0.25) is 24.0 Å². The van der Waals surface area contributed by atoms with Crippen LogP contribution in [0.15, 0.2) is 47.6 Å². The maximum absolute atomic E-state index is 14.5. The summed E-state index contributed by atoms with van der Waals surface area (Å²) in [6, 6.07) is -1.20. The number of hydrogen-bond acceptors (Lipinski definition) is 16. The van der Waals surface area contributed by atoms with Crippen LogP contribution in [0.1, 0.15) is 132 Å². The molecule has 1 aliphatic carbocycles. The molecule has 17 heteroatoms. The summed E-state index contributed by atoms with van der Waals surface area (Å²) < 4.78 is 35.4. The summed E-state index contributed by atoms with van der Waals surface area (Å²) in [5.74, 6) is -9.36. The standard InChI is InChI=1S/C56H87NO16/c1-33-17-13-12-14-18-34(2)45(68-9)29-41-22-20-39(7)56(67,73-41)51(63)52(64)57-24-16-15-19-42(57)53(65)71-46(30-43(60)35(3)26-38(6)49(62)50(70-11)48(61)37(5)25-33)36(4)27-40-21-23-44(47(28-40)69-10)72-54(66)55(8,31-58)32-59/h12-14,17-18,26,33,35-37,39-42,44-47,49-50,58-59,62,67H,15-16,19-25,27-32H2,1-11H3/b14-12?,17-13+,34-18?,38-26+/t33-,35-,36-,37-,39-,40+,41+,42+,44-,45?,46+,47-,49-,50+,56-/m1/s1. The molecule has 17 nitrogen and oxygen atoms in total. The number of fused-ring (bicyclic) bond motifs is 3. The van der Waals surface area contributed by atoms with Gasteiger partial charge in [-0.25, -0.2) is 4.79 Å². The molecule has 73 heavy (non-hydrogen) atoms. The number of ether oxygens (including phenoxy) is 6. The lowest BCUT2D eigenvalue weighted by molar-refractivity contribution is -0.265. The number of allylic oxidation sites excluding steroid dienone is 6. The molecule has 0 spiro atoms. The highest BCUT2D eigenvalue weighted by Crippen LogP contribution is 2.38. The topological polar surface area (TPSA) is 242 Å². The van der Waals surface area contributed by atoms with Gasteiger partial charge < -0.3 is 53.7 Å². The summed E-state index contributed by atoms with van der Waals surface area (Å²) in [5, 5.41) is 43.1. The molecule has 1 unspecified atom stereocenters. The number of esters is 2. The first-order chi connectivity index (χ1) is 34.5. The average Bonchev–Trinajstić information content (AvgIpc) is 3.37. The predicted molar refractivity (Wildman–Crippen MR) is 271 cm³/mol. The van der Waals surface area contributed by atoms with Gasteiger partial charge in [0, 0.05) is 58.5 Å². The number of aliphatic hydroxyl groups excluding tert-OH is 3. The van der Waals surface area contributed by atoms with E-state index in [-0.39, 0.29) is 42.8 Å². The number of carbonyl (C=O) groups is 6. The van der Waals surface area contributed by atoms with Gasteiger partial charge in [-0.1, -0.05) is 71.1 Å². The molecule has 3 aliphatic heterocycles. The van der Waals surface area contributed by atoms with E-state index in [1.54, 1.807) is 40.9 Å². The molecule has 1 amide bonds. The number of carbonyl (C=O) groups excluding carboxylic acids is 6. The molecule has 4 rings (SSSR count). The van der Waals surface area contributed by atoms with Gasteiger partial charge in [0.2, 0.25) is 5.79 Å². The van der Waals surface area contributed by atoms with Gasteiger partial charge in [0.15, 0.2) is 5.78 Å². The van der Waals surface area contributed by atoms with Crippen molar-refractivity contribution in [1.29, 1.82) is 0 Å². The first-order valence-corrected chi connectivity index (χ1v) is 26.4. The number of cyclic esters (lactones) is 1. The van der Waals surface area contributed by atoms with Crippen LogP contribution in [-0.4, -0.2) is 156 Å². The van der Waals surface area contributed by atoms with E-state index in [9.17, 15) is 49.2 Å². The van der Waals surface area contributed by atoms with Crippen molar-refractivity contribution in [2.45, 2.75) is 187 Å². The number of nitrogens with zero attached hydrogens (tertiary/aromatic N) is 1. The number of methoxy groups -OCH3 is 3.